The fraction of sp³-hybridized carbons (Fsp3) is 0.632. The third-order valence-corrected chi connectivity index (χ3v) is 7.96. The lowest BCUT2D eigenvalue weighted by Gasteiger charge is -2.26. The molecule has 4 rings (SSSR count). The van der Waals surface area contributed by atoms with E-state index in [-0.39, 0.29) is 10.8 Å². The van der Waals surface area contributed by atoms with Crippen molar-refractivity contribution < 1.29 is 13.2 Å². The van der Waals surface area contributed by atoms with E-state index in [4.69, 9.17) is 0 Å². The zero-order valence-corrected chi connectivity index (χ0v) is 16.1. The summed E-state index contributed by atoms with van der Waals surface area (Å²) in [7, 11) is -3.52. The number of nitrogens with one attached hydrogen (secondary N) is 1. The number of hydrogen-bond acceptors (Lipinski definition) is 4. The SMILES string of the molecule is Cc1ccc(S(=O)(=O)N2CCCCC2)cc1C(=O)N1C[C@H]2CNC[C@H]2C1. The predicted molar refractivity (Wildman–Crippen MR) is 99.5 cm³/mol. The molecule has 0 saturated carbocycles. The van der Waals surface area contributed by atoms with Crippen LogP contribution in [-0.4, -0.2) is 62.8 Å². The summed E-state index contributed by atoms with van der Waals surface area (Å²) >= 11 is 0. The average Bonchev–Trinajstić information content (AvgIpc) is 3.24. The minimum Gasteiger partial charge on any atom is -0.338 e. The largest absolute Gasteiger partial charge is 0.338 e. The van der Waals surface area contributed by atoms with Crippen molar-refractivity contribution in [2.75, 3.05) is 39.3 Å². The van der Waals surface area contributed by atoms with Crippen LogP contribution in [0.5, 0.6) is 0 Å². The minimum absolute atomic E-state index is 0.0346. The molecule has 0 spiro atoms. The third kappa shape index (κ3) is 3.17. The molecule has 2 atom stereocenters. The molecule has 26 heavy (non-hydrogen) atoms. The number of amides is 1. The lowest BCUT2D eigenvalue weighted by molar-refractivity contribution is 0.0780. The highest BCUT2D eigenvalue weighted by Gasteiger charge is 2.38. The topological polar surface area (TPSA) is 69.7 Å². The molecule has 0 aliphatic carbocycles. The molecule has 0 bridgehead atoms. The number of hydrogen-bond donors (Lipinski definition) is 1. The zero-order chi connectivity index (χ0) is 18.3. The molecule has 1 amide bonds. The van der Waals surface area contributed by atoms with Crippen LogP contribution in [0.2, 0.25) is 0 Å². The molecule has 0 unspecified atom stereocenters. The molecule has 3 fully saturated rings. The molecular formula is C19H27N3O3S. The van der Waals surface area contributed by atoms with Gasteiger partial charge in [-0.1, -0.05) is 12.5 Å². The van der Waals surface area contributed by atoms with Crippen LogP contribution in [0.25, 0.3) is 0 Å². The van der Waals surface area contributed by atoms with Crippen LogP contribution in [0.15, 0.2) is 23.1 Å². The summed E-state index contributed by atoms with van der Waals surface area (Å²) in [5.41, 5.74) is 1.36. The molecule has 3 aliphatic heterocycles. The van der Waals surface area contributed by atoms with E-state index in [1.165, 1.54) is 0 Å². The standard InChI is InChI=1S/C19H27N3O3S/c1-14-5-6-17(26(24,25)22-7-3-2-4-8-22)9-18(14)19(23)21-12-15-10-20-11-16(15)13-21/h5-6,9,15-16,20H,2-4,7-8,10-13H2,1H3/t15-,16+. The van der Waals surface area contributed by atoms with Crippen molar-refractivity contribution in [2.24, 2.45) is 11.8 Å². The van der Waals surface area contributed by atoms with Gasteiger partial charge in [-0.25, -0.2) is 8.42 Å². The molecule has 1 N–H and O–H groups in total. The van der Waals surface area contributed by atoms with Crippen molar-refractivity contribution in [2.45, 2.75) is 31.1 Å². The highest BCUT2D eigenvalue weighted by molar-refractivity contribution is 7.89. The number of sulfonamides is 1. The number of carbonyl (C=O) groups excluding carboxylic acids is 1. The highest BCUT2D eigenvalue weighted by Crippen LogP contribution is 2.29. The highest BCUT2D eigenvalue weighted by atomic mass is 32.2. The van der Waals surface area contributed by atoms with Crippen molar-refractivity contribution in [1.82, 2.24) is 14.5 Å². The molecule has 3 saturated heterocycles. The van der Waals surface area contributed by atoms with Gasteiger partial charge >= 0.3 is 0 Å². The minimum atomic E-state index is -3.52. The van der Waals surface area contributed by atoms with E-state index in [0.717, 1.165) is 51.0 Å². The molecule has 6 nitrogen and oxygen atoms in total. The summed E-state index contributed by atoms with van der Waals surface area (Å²) in [6, 6.07) is 5.00. The van der Waals surface area contributed by atoms with Gasteiger partial charge in [-0.15, -0.1) is 0 Å². The monoisotopic (exact) mass is 377 g/mol. The second kappa shape index (κ2) is 6.94. The first kappa shape index (κ1) is 17.9. The Morgan fingerprint density at radius 3 is 2.38 bits per heavy atom. The van der Waals surface area contributed by atoms with Crippen LogP contribution in [0.4, 0.5) is 0 Å². The van der Waals surface area contributed by atoms with Crippen molar-refractivity contribution in [3.63, 3.8) is 0 Å². The van der Waals surface area contributed by atoms with Crippen molar-refractivity contribution in [1.29, 1.82) is 0 Å². The van der Waals surface area contributed by atoms with Crippen LogP contribution in [0.3, 0.4) is 0 Å². The van der Waals surface area contributed by atoms with E-state index in [0.29, 0.717) is 30.5 Å². The fourth-order valence-electron chi connectivity index (χ4n) is 4.44. The Morgan fingerprint density at radius 1 is 1.08 bits per heavy atom. The fourth-order valence-corrected chi connectivity index (χ4v) is 5.98. The summed E-state index contributed by atoms with van der Waals surface area (Å²) in [6.45, 7) is 6.48. The first-order valence-electron chi connectivity index (χ1n) is 9.57. The summed E-state index contributed by atoms with van der Waals surface area (Å²) in [5, 5.41) is 3.38. The van der Waals surface area contributed by atoms with Gasteiger partial charge < -0.3 is 10.2 Å². The Morgan fingerprint density at radius 2 is 1.73 bits per heavy atom. The van der Waals surface area contributed by atoms with E-state index in [1.54, 1.807) is 22.5 Å². The van der Waals surface area contributed by atoms with Gasteiger partial charge in [0.25, 0.3) is 5.91 Å². The molecule has 3 aliphatic rings. The second-order valence-corrected chi connectivity index (χ2v) is 9.77. The number of nitrogens with zero attached hydrogens (tertiary/aromatic N) is 2. The molecule has 1 aromatic rings. The Kier molecular flexibility index (Phi) is 4.79. The molecule has 0 aromatic heterocycles. The number of rotatable bonds is 3. The number of fused-ring (bicyclic) bond motifs is 1. The Hall–Kier alpha value is -1.44. The van der Waals surface area contributed by atoms with E-state index < -0.39 is 10.0 Å². The van der Waals surface area contributed by atoms with Gasteiger partial charge in [0, 0.05) is 44.8 Å². The lowest BCUT2D eigenvalue weighted by atomic mass is 10.0. The summed E-state index contributed by atoms with van der Waals surface area (Å²) in [6.07, 6.45) is 2.89. The van der Waals surface area contributed by atoms with E-state index in [2.05, 4.69) is 5.32 Å². The number of carbonyl (C=O) groups is 1. The number of likely N-dealkylation sites (tertiary alicyclic amines) is 1. The van der Waals surface area contributed by atoms with Crippen molar-refractivity contribution in [3.05, 3.63) is 29.3 Å². The van der Waals surface area contributed by atoms with E-state index in [1.807, 2.05) is 11.8 Å². The molecule has 1 aromatic carbocycles. The van der Waals surface area contributed by atoms with Crippen LogP contribution in [0.1, 0.15) is 35.2 Å². The summed E-state index contributed by atoms with van der Waals surface area (Å²) < 4.78 is 27.5. The Bertz CT molecular complexity index is 790. The molecule has 3 heterocycles. The molecule has 0 radical (unpaired) electrons. The zero-order valence-electron chi connectivity index (χ0n) is 15.3. The molecule has 142 valence electrons. The van der Waals surface area contributed by atoms with Crippen LogP contribution in [-0.2, 0) is 10.0 Å². The van der Waals surface area contributed by atoms with Crippen LogP contribution in [0, 0.1) is 18.8 Å². The quantitative estimate of drug-likeness (QED) is 0.866. The lowest BCUT2D eigenvalue weighted by Crippen LogP contribution is -2.36. The van der Waals surface area contributed by atoms with E-state index >= 15 is 0 Å². The molecule has 7 heteroatoms. The number of aryl methyl sites for hydroxylation is 1. The van der Waals surface area contributed by atoms with Gasteiger partial charge in [-0.2, -0.15) is 4.31 Å². The maximum Gasteiger partial charge on any atom is 0.254 e. The van der Waals surface area contributed by atoms with Crippen LogP contribution >= 0.6 is 0 Å². The van der Waals surface area contributed by atoms with Gasteiger partial charge in [0.1, 0.15) is 0 Å². The first-order chi connectivity index (χ1) is 12.5. The second-order valence-electron chi connectivity index (χ2n) is 7.83. The third-order valence-electron chi connectivity index (χ3n) is 6.07. The smallest absolute Gasteiger partial charge is 0.254 e. The summed E-state index contributed by atoms with van der Waals surface area (Å²) in [4.78, 5) is 15.2. The van der Waals surface area contributed by atoms with Gasteiger partial charge in [-0.3, -0.25) is 4.79 Å². The number of piperidine rings is 1. The van der Waals surface area contributed by atoms with Gasteiger partial charge in [0.15, 0.2) is 0 Å². The first-order valence-corrected chi connectivity index (χ1v) is 11.0. The summed E-state index contributed by atoms with van der Waals surface area (Å²) in [5.74, 6) is 1.02. The normalized spacial score (nSPS) is 26.9. The maximum absolute atomic E-state index is 13.1. The van der Waals surface area contributed by atoms with Crippen molar-refractivity contribution in [3.8, 4) is 0 Å². The van der Waals surface area contributed by atoms with E-state index in [9.17, 15) is 13.2 Å². The average molecular weight is 378 g/mol. The van der Waals surface area contributed by atoms with Gasteiger partial charge in [-0.05, 0) is 49.3 Å². The number of benzene rings is 1. The van der Waals surface area contributed by atoms with Crippen molar-refractivity contribution >= 4 is 15.9 Å². The predicted octanol–water partition coefficient (Wildman–Crippen LogP) is 1.46. The van der Waals surface area contributed by atoms with Crippen LogP contribution < -0.4 is 5.32 Å². The van der Waals surface area contributed by atoms with Gasteiger partial charge in [0.2, 0.25) is 10.0 Å². The molecular weight excluding hydrogens is 350 g/mol. The maximum atomic E-state index is 13.1. The Balaban J connectivity index is 1.59. The Labute approximate surface area is 155 Å². The van der Waals surface area contributed by atoms with Gasteiger partial charge in [0.05, 0.1) is 4.90 Å².